The van der Waals surface area contributed by atoms with Crippen molar-refractivity contribution in [1.29, 1.82) is 5.26 Å². The van der Waals surface area contributed by atoms with Gasteiger partial charge in [-0.3, -0.25) is 0 Å². The first-order valence-corrected chi connectivity index (χ1v) is 17.5. The first-order chi connectivity index (χ1) is 25.7. The highest BCUT2D eigenvalue weighted by molar-refractivity contribution is 6.03. The fraction of sp³-hybridized carbons (Fsp3) is 0.0417. The molecule has 0 saturated heterocycles. The molecular weight excluding hydrogens is 633 g/mol. The van der Waals surface area contributed by atoms with Crippen LogP contribution in [0.1, 0.15) is 16.7 Å². The van der Waals surface area contributed by atoms with Gasteiger partial charge in [-0.05, 0) is 56.3 Å². The number of nitrogens with zero attached hydrogens (tertiary/aromatic N) is 4. The Morgan fingerprint density at radius 1 is 0.442 bits per heavy atom. The molecule has 0 spiro atoms. The van der Waals surface area contributed by atoms with Crippen molar-refractivity contribution in [3.05, 3.63) is 199 Å². The maximum absolute atomic E-state index is 9.36. The molecule has 2 unspecified atom stereocenters. The highest BCUT2D eigenvalue weighted by Crippen LogP contribution is 2.47. The molecule has 1 aromatic heterocycles. The van der Waals surface area contributed by atoms with Crippen LogP contribution >= 0.6 is 0 Å². The summed E-state index contributed by atoms with van der Waals surface area (Å²) in [4.78, 5) is 14.8. The normalized spacial score (nSPS) is 16.1. The van der Waals surface area contributed by atoms with Crippen LogP contribution in [0.15, 0.2) is 182 Å². The van der Waals surface area contributed by atoms with E-state index >= 15 is 0 Å². The van der Waals surface area contributed by atoms with Crippen molar-refractivity contribution in [2.75, 3.05) is 0 Å². The molecule has 0 N–H and O–H groups in total. The van der Waals surface area contributed by atoms with E-state index in [4.69, 9.17) is 15.0 Å². The van der Waals surface area contributed by atoms with Crippen LogP contribution in [0.5, 0.6) is 0 Å². The second kappa shape index (κ2) is 13.4. The number of benzene rings is 6. The lowest BCUT2D eigenvalue weighted by Gasteiger charge is -2.33. The van der Waals surface area contributed by atoms with Crippen molar-refractivity contribution < 1.29 is 0 Å². The van der Waals surface area contributed by atoms with E-state index < -0.39 is 0 Å². The number of rotatable bonds is 6. The Labute approximate surface area is 303 Å². The summed E-state index contributed by atoms with van der Waals surface area (Å²) in [5, 5.41) is 11.8. The second-order valence-electron chi connectivity index (χ2n) is 13.1. The lowest BCUT2D eigenvalue weighted by atomic mass is 9.70. The van der Waals surface area contributed by atoms with Crippen LogP contribution in [-0.2, 0) is 0 Å². The fourth-order valence-corrected chi connectivity index (χ4v) is 7.45. The van der Waals surface area contributed by atoms with Gasteiger partial charge in [0.1, 0.15) is 0 Å². The highest BCUT2D eigenvalue weighted by Gasteiger charge is 2.31. The Kier molecular flexibility index (Phi) is 8.00. The summed E-state index contributed by atoms with van der Waals surface area (Å²) in [6.45, 7) is 0. The number of hydrogen-bond acceptors (Lipinski definition) is 4. The van der Waals surface area contributed by atoms with Crippen molar-refractivity contribution in [3.8, 4) is 51.4 Å². The van der Waals surface area contributed by atoms with Gasteiger partial charge in [-0.25, -0.2) is 15.0 Å². The molecule has 0 saturated carbocycles. The molecule has 0 radical (unpaired) electrons. The van der Waals surface area contributed by atoms with E-state index in [-0.39, 0.29) is 11.8 Å². The Bertz CT molecular complexity index is 2550. The van der Waals surface area contributed by atoms with Gasteiger partial charge in [0.25, 0.3) is 0 Å². The van der Waals surface area contributed by atoms with E-state index in [0.29, 0.717) is 23.0 Å². The van der Waals surface area contributed by atoms with Crippen LogP contribution in [0.4, 0.5) is 0 Å². The molecule has 2 aliphatic rings. The third-order valence-corrected chi connectivity index (χ3v) is 10.0. The molecule has 7 aromatic rings. The van der Waals surface area contributed by atoms with Gasteiger partial charge < -0.3 is 0 Å². The zero-order chi connectivity index (χ0) is 34.9. The van der Waals surface area contributed by atoms with Gasteiger partial charge in [0.15, 0.2) is 17.5 Å². The van der Waals surface area contributed by atoms with E-state index in [2.05, 4.69) is 115 Å². The predicted octanol–water partition coefficient (Wildman–Crippen LogP) is 11.4. The molecule has 4 nitrogen and oxygen atoms in total. The van der Waals surface area contributed by atoms with Gasteiger partial charge in [-0.1, -0.05) is 170 Å². The Hall–Kier alpha value is -6.96. The SMILES string of the molecule is N#Cc1ccc(C2=CC=C(c3ccc4ccccc4c3-c3ccc(-c4nc(-c5ccccc5)nc(-c5ccccc5)n4)cc3)C3C=CC=CC23)cc1. The van der Waals surface area contributed by atoms with Crippen molar-refractivity contribution in [1.82, 2.24) is 15.0 Å². The topological polar surface area (TPSA) is 62.5 Å². The molecule has 2 atom stereocenters. The molecule has 0 bridgehead atoms. The molecule has 244 valence electrons. The number of hydrogen-bond donors (Lipinski definition) is 0. The minimum Gasteiger partial charge on any atom is -0.208 e. The second-order valence-corrected chi connectivity index (χ2v) is 13.1. The standard InChI is InChI=1S/C48H32N4/c49-31-32-19-21-34(22-20-32)39-29-30-43(42-18-10-9-17-41(39)42)44-28-27-33-11-7-8-16-40(33)45(44)35-23-25-38(26-24-35)48-51-46(36-12-3-1-4-13-36)50-47(52-48)37-14-5-2-6-15-37/h1-30,41-42H. The first kappa shape index (κ1) is 31.1. The van der Waals surface area contributed by atoms with Crippen molar-refractivity contribution in [3.63, 3.8) is 0 Å². The third-order valence-electron chi connectivity index (χ3n) is 10.0. The smallest absolute Gasteiger partial charge is 0.164 e. The molecule has 0 aliphatic heterocycles. The van der Waals surface area contributed by atoms with Crippen LogP contribution < -0.4 is 0 Å². The molecule has 1 heterocycles. The largest absolute Gasteiger partial charge is 0.208 e. The van der Waals surface area contributed by atoms with E-state index in [1.165, 1.54) is 33.0 Å². The predicted molar refractivity (Wildman–Crippen MR) is 211 cm³/mol. The summed E-state index contributed by atoms with van der Waals surface area (Å²) in [6, 6.07) is 52.1. The maximum atomic E-state index is 9.36. The average Bonchev–Trinajstić information content (AvgIpc) is 3.23. The lowest BCUT2D eigenvalue weighted by Crippen LogP contribution is -2.19. The molecule has 0 amide bonds. The van der Waals surface area contributed by atoms with E-state index in [1.54, 1.807) is 0 Å². The Morgan fingerprint density at radius 2 is 0.942 bits per heavy atom. The highest BCUT2D eigenvalue weighted by atomic mass is 15.0. The number of nitriles is 1. The van der Waals surface area contributed by atoms with Gasteiger partial charge in [-0.2, -0.15) is 5.26 Å². The van der Waals surface area contributed by atoms with E-state index in [9.17, 15) is 5.26 Å². The zero-order valence-corrected chi connectivity index (χ0v) is 28.3. The Morgan fingerprint density at radius 3 is 1.56 bits per heavy atom. The maximum Gasteiger partial charge on any atom is 0.164 e. The molecular formula is C48H32N4. The van der Waals surface area contributed by atoms with Crippen LogP contribution in [0.2, 0.25) is 0 Å². The summed E-state index contributed by atoms with van der Waals surface area (Å²) in [5.41, 5.74) is 10.7. The number of fused-ring (bicyclic) bond motifs is 2. The fourth-order valence-electron chi connectivity index (χ4n) is 7.45. The molecule has 52 heavy (non-hydrogen) atoms. The van der Waals surface area contributed by atoms with Crippen molar-refractivity contribution >= 4 is 21.9 Å². The number of allylic oxidation sites excluding steroid dienone is 8. The summed E-state index contributed by atoms with van der Waals surface area (Å²) in [7, 11) is 0. The van der Waals surface area contributed by atoms with Gasteiger partial charge >= 0.3 is 0 Å². The van der Waals surface area contributed by atoms with Gasteiger partial charge in [-0.15, -0.1) is 0 Å². The summed E-state index contributed by atoms with van der Waals surface area (Å²) < 4.78 is 0. The summed E-state index contributed by atoms with van der Waals surface area (Å²) >= 11 is 0. The average molecular weight is 665 g/mol. The van der Waals surface area contributed by atoms with E-state index in [0.717, 1.165) is 27.8 Å². The Balaban J connectivity index is 1.16. The van der Waals surface area contributed by atoms with Crippen LogP contribution in [-0.4, -0.2) is 15.0 Å². The van der Waals surface area contributed by atoms with E-state index in [1.807, 2.05) is 72.8 Å². The van der Waals surface area contributed by atoms with Crippen LogP contribution in [0.3, 0.4) is 0 Å². The molecule has 4 heteroatoms. The van der Waals surface area contributed by atoms with Crippen LogP contribution in [0.25, 0.3) is 67.2 Å². The minimum absolute atomic E-state index is 0.165. The lowest BCUT2D eigenvalue weighted by molar-refractivity contribution is 0.695. The molecule has 6 aromatic carbocycles. The first-order valence-electron chi connectivity index (χ1n) is 17.5. The van der Waals surface area contributed by atoms with Crippen molar-refractivity contribution in [2.24, 2.45) is 11.8 Å². The monoisotopic (exact) mass is 664 g/mol. The summed E-state index contributed by atoms with van der Waals surface area (Å²) in [5.74, 6) is 2.27. The van der Waals surface area contributed by atoms with Gasteiger partial charge in [0.2, 0.25) is 0 Å². The third kappa shape index (κ3) is 5.75. The van der Waals surface area contributed by atoms with Gasteiger partial charge in [0.05, 0.1) is 11.6 Å². The van der Waals surface area contributed by atoms with Gasteiger partial charge in [0, 0.05) is 28.5 Å². The number of aromatic nitrogens is 3. The molecule has 2 aliphatic carbocycles. The van der Waals surface area contributed by atoms with Crippen molar-refractivity contribution in [2.45, 2.75) is 0 Å². The molecule has 0 fully saturated rings. The minimum atomic E-state index is 0.165. The molecule has 9 rings (SSSR count). The quantitative estimate of drug-likeness (QED) is 0.177. The van der Waals surface area contributed by atoms with Crippen LogP contribution in [0, 0.1) is 23.2 Å². The zero-order valence-electron chi connectivity index (χ0n) is 28.3. The summed E-state index contributed by atoms with van der Waals surface area (Å²) in [6.07, 6.45) is 13.5.